The van der Waals surface area contributed by atoms with Crippen LogP contribution in [0.4, 0.5) is 5.69 Å². The molecule has 0 aliphatic carbocycles. The molecule has 0 spiro atoms. The summed E-state index contributed by atoms with van der Waals surface area (Å²) in [7, 11) is 0. The summed E-state index contributed by atoms with van der Waals surface area (Å²) in [4.78, 5) is 16.7. The standard InChI is InChI=1S/C23H14BrCl2N3O3S/c24-16-9-13(2-6-19(16)30)22-28-18-11-15(5-7-20(18)32-22)27-23(33)29-21(31)8-3-12-1-4-14(25)10-17(12)26/h1-11,30H,(H2,27,29,31,33)/b8-3+. The number of carbonyl (C=O) groups excluding carboxylic acids is 1. The Labute approximate surface area is 212 Å². The van der Waals surface area contributed by atoms with E-state index in [1.54, 1.807) is 60.7 Å². The van der Waals surface area contributed by atoms with Gasteiger partial charge in [0.05, 0.1) is 4.47 Å². The van der Waals surface area contributed by atoms with Gasteiger partial charge >= 0.3 is 0 Å². The number of benzene rings is 3. The van der Waals surface area contributed by atoms with Gasteiger partial charge in [0.15, 0.2) is 10.7 Å². The van der Waals surface area contributed by atoms with E-state index in [-0.39, 0.29) is 10.9 Å². The quantitative estimate of drug-likeness (QED) is 0.187. The van der Waals surface area contributed by atoms with E-state index in [4.69, 9.17) is 39.8 Å². The zero-order valence-electron chi connectivity index (χ0n) is 16.6. The number of hydrogen-bond acceptors (Lipinski definition) is 5. The first kappa shape index (κ1) is 23.3. The smallest absolute Gasteiger partial charge is 0.250 e. The van der Waals surface area contributed by atoms with Gasteiger partial charge in [-0.2, -0.15) is 0 Å². The van der Waals surface area contributed by atoms with Gasteiger partial charge in [0.25, 0.3) is 0 Å². The molecule has 0 atom stereocenters. The number of halogens is 3. The van der Waals surface area contributed by atoms with Crippen molar-refractivity contribution in [3.8, 4) is 17.2 Å². The van der Waals surface area contributed by atoms with Crippen LogP contribution in [0, 0.1) is 0 Å². The molecule has 166 valence electrons. The Hall–Kier alpha value is -2.91. The fraction of sp³-hybridized carbons (Fsp3) is 0. The maximum absolute atomic E-state index is 12.2. The Balaban J connectivity index is 1.42. The Bertz CT molecular complexity index is 1420. The molecule has 0 aliphatic rings. The fourth-order valence-electron chi connectivity index (χ4n) is 2.89. The molecule has 6 nitrogen and oxygen atoms in total. The summed E-state index contributed by atoms with van der Waals surface area (Å²) < 4.78 is 6.33. The van der Waals surface area contributed by atoms with Crippen LogP contribution in [0.2, 0.25) is 10.0 Å². The van der Waals surface area contributed by atoms with E-state index in [2.05, 4.69) is 31.5 Å². The molecule has 4 rings (SSSR count). The number of aromatic hydroxyl groups is 1. The van der Waals surface area contributed by atoms with Crippen molar-refractivity contribution in [1.82, 2.24) is 10.3 Å². The monoisotopic (exact) mass is 561 g/mol. The highest BCUT2D eigenvalue weighted by molar-refractivity contribution is 9.10. The predicted molar refractivity (Wildman–Crippen MR) is 139 cm³/mol. The van der Waals surface area contributed by atoms with E-state index >= 15 is 0 Å². The van der Waals surface area contributed by atoms with Crippen molar-refractivity contribution in [3.05, 3.63) is 80.8 Å². The minimum atomic E-state index is -0.416. The molecule has 0 radical (unpaired) electrons. The first-order chi connectivity index (χ1) is 15.8. The van der Waals surface area contributed by atoms with E-state index in [9.17, 15) is 9.90 Å². The molecular formula is C23H14BrCl2N3O3S. The number of amides is 1. The van der Waals surface area contributed by atoms with Crippen LogP contribution in [0.5, 0.6) is 5.75 Å². The van der Waals surface area contributed by atoms with Crippen molar-refractivity contribution in [2.75, 3.05) is 5.32 Å². The van der Waals surface area contributed by atoms with Crippen LogP contribution in [0.15, 0.2) is 69.6 Å². The molecule has 4 aromatic rings. The second-order valence-corrected chi connectivity index (χ2v) is 8.92. The average Bonchev–Trinajstić information content (AvgIpc) is 3.18. The topological polar surface area (TPSA) is 87.4 Å². The lowest BCUT2D eigenvalue weighted by Crippen LogP contribution is -2.32. The Morgan fingerprint density at radius 3 is 2.70 bits per heavy atom. The highest BCUT2D eigenvalue weighted by Crippen LogP contribution is 2.31. The maximum atomic E-state index is 12.2. The summed E-state index contributed by atoms with van der Waals surface area (Å²) in [6.07, 6.45) is 2.90. The minimum Gasteiger partial charge on any atom is -0.507 e. The molecule has 0 fully saturated rings. The van der Waals surface area contributed by atoms with Crippen LogP contribution in [0.3, 0.4) is 0 Å². The Morgan fingerprint density at radius 1 is 1.12 bits per heavy atom. The zero-order chi connectivity index (χ0) is 23.5. The summed E-state index contributed by atoms with van der Waals surface area (Å²) in [6, 6.07) is 15.2. The van der Waals surface area contributed by atoms with Crippen LogP contribution < -0.4 is 10.6 Å². The molecule has 3 aromatic carbocycles. The van der Waals surface area contributed by atoms with Crippen molar-refractivity contribution in [1.29, 1.82) is 0 Å². The van der Waals surface area contributed by atoms with E-state index in [0.29, 0.717) is 48.3 Å². The lowest BCUT2D eigenvalue weighted by Gasteiger charge is -2.07. The minimum absolute atomic E-state index is 0.123. The van der Waals surface area contributed by atoms with Gasteiger partial charge in [-0.15, -0.1) is 0 Å². The molecule has 0 saturated carbocycles. The first-order valence-corrected chi connectivity index (χ1v) is 11.4. The maximum Gasteiger partial charge on any atom is 0.250 e. The van der Waals surface area contributed by atoms with Crippen molar-refractivity contribution in [2.24, 2.45) is 0 Å². The number of phenolic OH excluding ortho intramolecular Hbond substituents is 1. The third kappa shape index (κ3) is 5.72. The number of nitrogens with one attached hydrogen (secondary N) is 2. The number of thiocarbonyl (C=S) groups is 1. The summed E-state index contributed by atoms with van der Waals surface area (Å²) in [5.41, 5.74) is 3.18. The van der Waals surface area contributed by atoms with Crippen LogP contribution in [-0.2, 0) is 4.79 Å². The van der Waals surface area contributed by atoms with E-state index in [0.717, 1.165) is 0 Å². The van der Waals surface area contributed by atoms with Crippen LogP contribution in [0.1, 0.15) is 5.56 Å². The number of hydrogen-bond donors (Lipinski definition) is 3. The number of carbonyl (C=O) groups is 1. The SMILES string of the molecule is O=C(/C=C/c1ccc(Cl)cc1Cl)NC(=S)Nc1ccc2oc(-c3ccc(O)c(Br)c3)nc2c1. The molecule has 0 aliphatic heterocycles. The highest BCUT2D eigenvalue weighted by Gasteiger charge is 2.11. The average molecular weight is 563 g/mol. The van der Waals surface area contributed by atoms with Gasteiger partial charge < -0.3 is 14.8 Å². The number of aromatic nitrogens is 1. The molecule has 1 aromatic heterocycles. The molecular weight excluding hydrogens is 549 g/mol. The van der Waals surface area contributed by atoms with E-state index in [1.165, 1.54) is 6.08 Å². The molecule has 10 heteroatoms. The third-order valence-electron chi connectivity index (χ3n) is 4.45. The number of anilines is 1. The van der Waals surface area contributed by atoms with E-state index in [1.807, 2.05) is 0 Å². The second-order valence-electron chi connectivity index (χ2n) is 6.81. The van der Waals surface area contributed by atoms with Gasteiger partial charge in [0, 0.05) is 27.4 Å². The van der Waals surface area contributed by atoms with Gasteiger partial charge in [-0.3, -0.25) is 10.1 Å². The largest absolute Gasteiger partial charge is 0.507 e. The molecule has 33 heavy (non-hydrogen) atoms. The summed E-state index contributed by atoms with van der Waals surface area (Å²) in [5, 5.41) is 16.3. The van der Waals surface area contributed by atoms with Crippen molar-refractivity contribution in [2.45, 2.75) is 0 Å². The van der Waals surface area contributed by atoms with Gasteiger partial charge in [0.2, 0.25) is 11.8 Å². The number of phenols is 1. The number of rotatable bonds is 4. The summed E-state index contributed by atoms with van der Waals surface area (Å²) in [6.45, 7) is 0. The third-order valence-corrected chi connectivity index (χ3v) is 5.86. The van der Waals surface area contributed by atoms with Crippen LogP contribution in [0.25, 0.3) is 28.6 Å². The lowest BCUT2D eigenvalue weighted by atomic mass is 10.2. The Kier molecular flexibility index (Phi) is 6.99. The van der Waals surface area contributed by atoms with Gasteiger partial charge in [-0.25, -0.2) is 4.98 Å². The molecule has 0 bridgehead atoms. The van der Waals surface area contributed by atoms with Crippen molar-refractivity contribution in [3.63, 3.8) is 0 Å². The molecule has 0 unspecified atom stereocenters. The van der Waals surface area contributed by atoms with E-state index < -0.39 is 5.91 Å². The predicted octanol–water partition coefficient (Wildman–Crippen LogP) is 6.80. The fourth-order valence-corrected chi connectivity index (χ4v) is 3.96. The van der Waals surface area contributed by atoms with Crippen LogP contribution in [-0.4, -0.2) is 21.1 Å². The molecule has 1 heterocycles. The number of nitrogens with zero attached hydrogens (tertiary/aromatic N) is 1. The first-order valence-electron chi connectivity index (χ1n) is 9.43. The van der Waals surface area contributed by atoms with Gasteiger partial charge in [0.1, 0.15) is 11.3 Å². The molecule has 0 saturated heterocycles. The van der Waals surface area contributed by atoms with Crippen molar-refractivity contribution < 1.29 is 14.3 Å². The Morgan fingerprint density at radius 2 is 1.94 bits per heavy atom. The highest BCUT2D eigenvalue weighted by atomic mass is 79.9. The van der Waals surface area contributed by atoms with Crippen LogP contribution >= 0.6 is 51.3 Å². The van der Waals surface area contributed by atoms with Gasteiger partial charge in [-0.05, 0) is 88.3 Å². The lowest BCUT2D eigenvalue weighted by molar-refractivity contribution is -0.115. The second kappa shape index (κ2) is 9.93. The summed E-state index contributed by atoms with van der Waals surface area (Å²) >= 11 is 20.5. The summed E-state index contributed by atoms with van der Waals surface area (Å²) in [5.74, 6) is 0.119. The van der Waals surface area contributed by atoms with Crippen molar-refractivity contribution >= 4 is 85.2 Å². The normalized spacial score (nSPS) is 11.1. The zero-order valence-corrected chi connectivity index (χ0v) is 20.5. The molecule has 1 amide bonds. The molecule has 3 N–H and O–H groups in total. The van der Waals surface area contributed by atoms with Gasteiger partial charge in [-0.1, -0.05) is 29.3 Å². The number of oxazole rings is 1. The number of fused-ring (bicyclic) bond motifs is 1.